The van der Waals surface area contributed by atoms with Gasteiger partial charge in [-0.2, -0.15) is 13.2 Å². The minimum Gasteiger partial charge on any atom is -0.489 e. The van der Waals surface area contributed by atoms with E-state index in [1.54, 1.807) is 36.4 Å². The van der Waals surface area contributed by atoms with E-state index < -0.39 is 30.2 Å². The zero-order valence-corrected chi connectivity index (χ0v) is 18.7. The Labute approximate surface area is 199 Å². The molecule has 0 unspecified atom stereocenters. The molecular formula is C25H23F3N2O5. The van der Waals surface area contributed by atoms with Crippen LogP contribution in [-0.2, 0) is 15.7 Å². The molecule has 10 heteroatoms. The number of hydrogen-bond donors (Lipinski definition) is 2. The largest absolute Gasteiger partial charge is 0.489 e. The number of alkyl halides is 3. The van der Waals surface area contributed by atoms with Gasteiger partial charge in [0.15, 0.2) is 6.61 Å². The molecule has 0 saturated carbocycles. The molecular weight excluding hydrogens is 465 g/mol. The molecule has 184 valence electrons. The molecule has 0 aliphatic heterocycles. The summed E-state index contributed by atoms with van der Waals surface area (Å²) >= 11 is 0. The van der Waals surface area contributed by atoms with Gasteiger partial charge in [0.05, 0.1) is 23.4 Å². The van der Waals surface area contributed by atoms with E-state index in [1.807, 2.05) is 6.07 Å². The molecule has 3 rings (SSSR count). The minimum atomic E-state index is -4.61. The van der Waals surface area contributed by atoms with Crippen LogP contribution in [-0.4, -0.2) is 38.7 Å². The van der Waals surface area contributed by atoms with Crippen molar-refractivity contribution < 1.29 is 37.0 Å². The number of carbonyl (C=O) groups excluding carboxylic acids is 2. The Hall–Kier alpha value is -4.05. The molecule has 0 fully saturated rings. The highest BCUT2D eigenvalue weighted by molar-refractivity contribution is 6.06. The first-order valence-electron chi connectivity index (χ1n) is 10.5. The summed E-state index contributed by atoms with van der Waals surface area (Å²) in [4.78, 5) is 25.1. The van der Waals surface area contributed by atoms with E-state index in [0.717, 1.165) is 18.2 Å². The van der Waals surface area contributed by atoms with Crippen molar-refractivity contribution in [1.29, 1.82) is 0 Å². The van der Waals surface area contributed by atoms with Crippen LogP contribution in [0.3, 0.4) is 0 Å². The van der Waals surface area contributed by atoms with E-state index in [9.17, 15) is 22.8 Å². The average Bonchev–Trinajstić information content (AvgIpc) is 2.84. The van der Waals surface area contributed by atoms with Gasteiger partial charge in [0.2, 0.25) is 0 Å². The second kappa shape index (κ2) is 11.9. The molecule has 0 radical (unpaired) electrons. The number of anilines is 2. The standard InChI is InChI=1S/C25H23F3N2O5/c1-33-13-14-34-22-12-11-17(25(26,27)28)15-20(22)30-23(31)16-35-21-10-6-5-9-19(21)24(32)29-18-7-3-2-4-8-18/h2-12,15H,13-14,16H2,1H3,(H,29,32)(H,30,31). The number of rotatable bonds is 10. The lowest BCUT2D eigenvalue weighted by Gasteiger charge is -2.16. The van der Waals surface area contributed by atoms with Crippen molar-refractivity contribution in [2.45, 2.75) is 6.18 Å². The van der Waals surface area contributed by atoms with Crippen molar-refractivity contribution in [2.24, 2.45) is 0 Å². The van der Waals surface area contributed by atoms with E-state index >= 15 is 0 Å². The zero-order chi connectivity index (χ0) is 25.3. The molecule has 2 N–H and O–H groups in total. The maximum absolute atomic E-state index is 13.2. The summed E-state index contributed by atoms with van der Waals surface area (Å²) in [5.74, 6) is -0.999. The highest BCUT2D eigenvalue weighted by atomic mass is 19.4. The van der Waals surface area contributed by atoms with Gasteiger partial charge in [-0.15, -0.1) is 0 Å². The van der Waals surface area contributed by atoms with Gasteiger partial charge in [0.25, 0.3) is 11.8 Å². The summed E-state index contributed by atoms with van der Waals surface area (Å²) in [6, 6.07) is 17.8. The lowest BCUT2D eigenvalue weighted by Crippen LogP contribution is -2.22. The van der Waals surface area contributed by atoms with E-state index in [1.165, 1.54) is 19.2 Å². The summed E-state index contributed by atoms with van der Waals surface area (Å²) in [6.45, 7) is -0.270. The topological polar surface area (TPSA) is 85.9 Å². The van der Waals surface area contributed by atoms with Crippen LogP contribution in [0.5, 0.6) is 11.5 Å². The van der Waals surface area contributed by atoms with Crippen LogP contribution in [0.25, 0.3) is 0 Å². The van der Waals surface area contributed by atoms with Crippen molar-refractivity contribution in [2.75, 3.05) is 37.6 Å². The molecule has 35 heavy (non-hydrogen) atoms. The molecule has 0 aliphatic carbocycles. The highest BCUT2D eigenvalue weighted by Crippen LogP contribution is 2.35. The summed E-state index contributed by atoms with van der Waals surface area (Å²) in [6.07, 6.45) is -4.61. The van der Waals surface area contributed by atoms with Crippen LogP contribution < -0.4 is 20.1 Å². The molecule has 0 spiro atoms. The highest BCUT2D eigenvalue weighted by Gasteiger charge is 2.31. The lowest BCUT2D eigenvalue weighted by molar-refractivity contribution is -0.137. The molecule has 0 aromatic heterocycles. The van der Waals surface area contributed by atoms with Crippen LogP contribution in [0.2, 0.25) is 0 Å². The van der Waals surface area contributed by atoms with Gasteiger partial charge in [0, 0.05) is 12.8 Å². The Bertz CT molecular complexity index is 1150. The van der Waals surface area contributed by atoms with Gasteiger partial charge >= 0.3 is 6.18 Å². The molecule has 0 heterocycles. The van der Waals surface area contributed by atoms with Gasteiger partial charge in [-0.25, -0.2) is 0 Å². The molecule has 3 aromatic carbocycles. The summed E-state index contributed by atoms with van der Waals surface area (Å²) in [5.41, 5.74) is -0.349. The SMILES string of the molecule is COCCOc1ccc(C(F)(F)F)cc1NC(=O)COc1ccccc1C(=O)Nc1ccccc1. The average molecular weight is 488 g/mol. The number of ether oxygens (including phenoxy) is 3. The number of para-hydroxylation sites is 2. The predicted molar refractivity (Wildman–Crippen MR) is 124 cm³/mol. The number of halogens is 3. The molecule has 0 aliphatic rings. The number of carbonyl (C=O) groups is 2. The van der Waals surface area contributed by atoms with Crippen molar-refractivity contribution in [1.82, 2.24) is 0 Å². The Balaban J connectivity index is 1.70. The van der Waals surface area contributed by atoms with Crippen molar-refractivity contribution in [3.05, 3.63) is 83.9 Å². The van der Waals surface area contributed by atoms with Gasteiger partial charge in [-0.05, 0) is 42.5 Å². The number of nitrogens with one attached hydrogen (secondary N) is 2. The van der Waals surface area contributed by atoms with E-state index in [4.69, 9.17) is 14.2 Å². The van der Waals surface area contributed by atoms with Crippen LogP contribution in [0.1, 0.15) is 15.9 Å². The number of amides is 2. The fourth-order valence-electron chi connectivity index (χ4n) is 2.99. The monoisotopic (exact) mass is 488 g/mol. The molecule has 2 amide bonds. The van der Waals surface area contributed by atoms with Crippen LogP contribution in [0, 0.1) is 0 Å². The molecule has 0 atom stereocenters. The lowest BCUT2D eigenvalue weighted by atomic mass is 10.1. The van der Waals surface area contributed by atoms with Crippen LogP contribution >= 0.6 is 0 Å². The van der Waals surface area contributed by atoms with E-state index in [0.29, 0.717) is 5.69 Å². The second-order valence-electron chi connectivity index (χ2n) is 7.20. The van der Waals surface area contributed by atoms with E-state index in [-0.39, 0.29) is 36.0 Å². The predicted octanol–water partition coefficient (Wildman–Crippen LogP) is 5.00. The smallest absolute Gasteiger partial charge is 0.416 e. The number of benzene rings is 3. The maximum Gasteiger partial charge on any atom is 0.416 e. The third kappa shape index (κ3) is 7.47. The number of hydrogen-bond acceptors (Lipinski definition) is 5. The summed E-state index contributed by atoms with van der Waals surface area (Å²) in [5, 5.41) is 5.10. The second-order valence-corrected chi connectivity index (χ2v) is 7.20. The molecule has 0 saturated heterocycles. The quantitative estimate of drug-likeness (QED) is 0.393. The van der Waals surface area contributed by atoms with Gasteiger partial charge in [-0.1, -0.05) is 30.3 Å². The van der Waals surface area contributed by atoms with Crippen molar-refractivity contribution in [3.63, 3.8) is 0 Å². The first-order valence-corrected chi connectivity index (χ1v) is 10.5. The normalized spacial score (nSPS) is 11.0. The van der Waals surface area contributed by atoms with Gasteiger partial charge < -0.3 is 24.8 Å². The van der Waals surface area contributed by atoms with Crippen molar-refractivity contribution >= 4 is 23.2 Å². The van der Waals surface area contributed by atoms with E-state index in [2.05, 4.69) is 10.6 Å². The first-order chi connectivity index (χ1) is 16.8. The Morgan fingerprint density at radius 2 is 1.54 bits per heavy atom. The zero-order valence-electron chi connectivity index (χ0n) is 18.7. The molecule has 7 nitrogen and oxygen atoms in total. The van der Waals surface area contributed by atoms with Gasteiger partial charge in [-0.3, -0.25) is 9.59 Å². The minimum absolute atomic E-state index is 0.0473. The maximum atomic E-state index is 13.2. The number of methoxy groups -OCH3 is 1. The Morgan fingerprint density at radius 1 is 0.829 bits per heavy atom. The Morgan fingerprint density at radius 3 is 2.26 bits per heavy atom. The summed E-state index contributed by atoms with van der Waals surface area (Å²) < 4.78 is 55.3. The molecule has 3 aromatic rings. The third-order valence-electron chi connectivity index (χ3n) is 4.65. The molecule has 0 bridgehead atoms. The fraction of sp³-hybridized carbons (Fsp3) is 0.200. The van der Waals surface area contributed by atoms with Crippen LogP contribution in [0.15, 0.2) is 72.8 Å². The van der Waals surface area contributed by atoms with Gasteiger partial charge in [0.1, 0.15) is 18.1 Å². The third-order valence-corrected chi connectivity index (χ3v) is 4.65. The fourth-order valence-corrected chi connectivity index (χ4v) is 2.99. The first kappa shape index (κ1) is 25.6. The van der Waals surface area contributed by atoms with Crippen molar-refractivity contribution in [3.8, 4) is 11.5 Å². The Kier molecular flexibility index (Phi) is 8.69. The van der Waals surface area contributed by atoms with Crippen LogP contribution in [0.4, 0.5) is 24.5 Å². The summed E-state index contributed by atoms with van der Waals surface area (Å²) in [7, 11) is 1.45.